The molecule has 108 valence electrons. The van der Waals surface area contributed by atoms with Crippen molar-refractivity contribution in [3.8, 4) is 0 Å². The summed E-state index contributed by atoms with van der Waals surface area (Å²) in [4.78, 5) is 25.4. The van der Waals surface area contributed by atoms with Crippen LogP contribution in [-0.4, -0.2) is 40.5 Å². The first-order chi connectivity index (χ1) is 8.91. The zero-order valence-corrected chi connectivity index (χ0v) is 11.7. The smallest absolute Gasteiger partial charge is 0.311 e. The Hall–Kier alpha value is -1.10. The summed E-state index contributed by atoms with van der Waals surface area (Å²) in [6.45, 7) is 2.77. The second-order valence-corrected chi connectivity index (χ2v) is 6.25. The molecule has 2 fully saturated rings. The minimum absolute atomic E-state index is 0.0287. The number of likely N-dealkylation sites (tertiary alicyclic amines) is 1. The van der Waals surface area contributed by atoms with Gasteiger partial charge in [0.15, 0.2) is 0 Å². The zero-order valence-electron chi connectivity index (χ0n) is 11.7. The average Bonchev–Trinajstić information content (AvgIpc) is 2.96. The van der Waals surface area contributed by atoms with Gasteiger partial charge in [0.2, 0.25) is 5.91 Å². The molecule has 0 spiro atoms. The Labute approximate surface area is 114 Å². The Balaban J connectivity index is 1.97. The molecule has 2 aliphatic rings. The van der Waals surface area contributed by atoms with E-state index >= 15 is 0 Å². The summed E-state index contributed by atoms with van der Waals surface area (Å²) in [5.74, 6) is -0.755. The molecular weight excluding hydrogens is 244 g/mol. The Bertz CT molecular complexity index is 377. The number of hydrogen-bond donors (Lipinski definition) is 2. The summed E-state index contributed by atoms with van der Waals surface area (Å²) in [6, 6.07) is 0. The van der Waals surface area contributed by atoms with E-state index in [1.165, 1.54) is 0 Å². The van der Waals surface area contributed by atoms with Crippen LogP contribution in [0.15, 0.2) is 0 Å². The molecule has 1 aliphatic carbocycles. The number of amides is 1. The summed E-state index contributed by atoms with van der Waals surface area (Å²) in [5.41, 5.74) is 5.13. The van der Waals surface area contributed by atoms with Gasteiger partial charge in [-0.3, -0.25) is 9.59 Å². The second-order valence-electron chi connectivity index (χ2n) is 6.25. The Morgan fingerprint density at radius 3 is 2.37 bits per heavy atom. The molecule has 19 heavy (non-hydrogen) atoms. The van der Waals surface area contributed by atoms with Gasteiger partial charge in [0.25, 0.3) is 0 Å². The van der Waals surface area contributed by atoms with E-state index in [2.05, 4.69) is 0 Å². The highest BCUT2D eigenvalue weighted by molar-refractivity contribution is 5.81. The number of nitrogens with two attached hydrogens (primary N) is 1. The van der Waals surface area contributed by atoms with Crippen molar-refractivity contribution in [1.82, 2.24) is 4.90 Å². The van der Waals surface area contributed by atoms with E-state index in [9.17, 15) is 14.7 Å². The van der Waals surface area contributed by atoms with Crippen LogP contribution in [0.3, 0.4) is 0 Å². The zero-order chi connectivity index (χ0) is 14.1. The van der Waals surface area contributed by atoms with Crippen LogP contribution in [0.5, 0.6) is 0 Å². The number of carboxylic acids is 1. The molecule has 3 N–H and O–H groups in total. The van der Waals surface area contributed by atoms with Crippen molar-refractivity contribution in [1.29, 1.82) is 0 Å². The van der Waals surface area contributed by atoms with Gasteiger partial charge in [-0.05, 0) is 25.7 Å². The molecule has 2 rings (SSSR count). The predicted molar refractivity (Wildman–Crippen MR) is 71.6 cm³/mol. The lowest BCUT2D eigenvalue weighted by atomic mass is 9.84. The summed E-state index contributed by atoms with van der Waals surface area (Å²) in [5, 5.41) is 9.34. The number of aliphatic carboxylic acids is 1. The quantitative estimate of drug-likeness (QED) is 0.806. The molecule has 1 heterocycles. The lowest BCUT2D eigenvalue weighted by molar-refractivity contribution is -0.148. The summed E-state index contributed by atoms with van der Waals surface area (Å²) in [6.07, 6.45) is 5.50. The Morgan fingerprint density at radius 2 is 1.89 bits per heavy atom. The van der Waals surface area contributed by atoms with Crippen LogP contribution in [-0.2, 0) is 9.59 Å². The van der Waals surface area contributed by atoms with E-state index in [4.69, 9.17) is 5.73 Å². The molecule has 0 bridgehead atoms. The van der Waals surface area contributed by atoms with Crippen LogP contribution in [0.25, 0.3) is 0 Å². The van der Waals surface area contributed by atoms with Crippen LogP contribution in [0, 0.1) is 5.41 Å². The molecule has 0 aromatic heterocycles. The first-order valence-electron chi connectivity index (χ1n) is 7.21. The fraction of sp³-hybridized carbons (Fsp3) is 0.857. The molecule has 0 radical (unpaired) electrons. The standard InChI is InChI=1S/C14H24N2O3/c1-2-13(12(18)19)7-8-16(10-13)11(17)9-14(15)5-3-4-6-14/h2-10,15H2,1H3,(H,18,19). The van der Waals surface area contributed by atoms with E-state index in [1.54, 1.807) is 4.90 Å². The largest absolute Gasteiger partial charge is 0.481 e. The maximum atomic E-state index is 12.3. The van der Waals surface area contributed by atoms with Gasteiger partial charge >= 0.3 is 5.97 Å². The molecule has 1 saturated carbocycles. The third-order valence-electron chi connectivity index (χ3n) is 4.94. The molecule has 1 saturated heterocycles. The number of carbonyl (C=O) groups is 2. The number of carboxylic acid groups (broad SMARTS) is 1. The van der Waals surface area contributed by atoms with Crippen molar-refractivity contribution in [2.75, 3.05) is 13.1 Å². The van der Waals surface area contributed by atoms with E-state index in [-0.39, 0.29) is 11.4 Å². The Kier molecular flexibility index (Phi) is 3.85. The summed E-state index contributed by atoms with van der Waals surface area (Å²) in [7, 11) is 0. The molecule has 1 unspecified atom stereocenters. The normalized spacial score (nSPS) is 29.7. The number of hydrogen-bond acceptors (Lipinski definition) is 3. The fourth-order valence-electron chi connectivity index (χ4n) is 3.37. The minimum Gasteiger partial charge on any atom is -0.481 e. The molecule has 1 aliphatic heterocycles. The van der Waals surface area contributed by atoms with Crippen LogP contribution in [0.1, 0.15) is 51.9 Å². The van der Waals surface area contributed by atoms with Gasteiger partial charge in [-0.2, -0.15) is 0 Å². The lowest BCUT2D eigenvalue weighted by Crippen LogP contribution is -2.44. The van der Waals surface area contributed by atoms with Crippen molar-refractivity contribution in [2.24, 2.45) is 11.1 Å². The van der Waals surface area contributed by atoms with Crippen molar-refractivity contribution in [3.05, 3.63) is 0 Å². The van der Waals surface area contributed by atoms with Crippen molar-refractivity contribution in [2.45, 2.75) is 57.4 Å². The first kappa shape index (κ1) is 14.3. The minimum atomic E-state index is -0.784. The second kappa shape index (κ2) is 5.12. The van der Waals surface area contributed by atoms with Gasteiger partial charge < -0.3 is 15.7 Å². The van der Waals surface area contributed by atoms with Gasteiger partial charge in [0.1, 0.15) is 0 Å². The SMILES string of the molecule is CCC1(C(=O)O)CCN(C(=O)CC2(N)CCCC2)C1. The summed E-state index contributed by atoms with van der Waals surface area (Å²) >= 11 is 0. The van der Waals surface area contributed by atoms with Crippen LogP contribution < -0.4 is 5.73 Å². The maximum Gasteiger partial charge on any atom is 0.311 e. The highest BCUT2D eigenvalue weighted by Crippen LogP contribution is 2.36. The van der Waals surface area contributed by atoms with Gasteiger partial charge in [-0.25, -0.2) is 0 Å². The predicted octanol–water partition coefficient (Wildman–Crippen LogP) is 1.36. The number of rotatable bonds is 4. The third kappa shape index (κ3) is 2.76. The fourth-order valence-corrected chi connectivity index (χ4v) is 3.37. The molecule has 0 aromatic rings. The topological polar surface area (TPSA) is 83.6 Å². The highest BCUT2D eigenvalue weighted by atomic mass is 16.4. The average molecular weight is 268 g/mol. The first-order valence-corrected chi connectivity index (χ1v) is 7.21. The lowest BCUT2D eigenvalue weighted by Gasteiger charge is -2.27. The van der Waals surface area contributed by atoms with E-state index in [0.717, 1.165) is 25.7 Å². The van der Waals surface area contributed by atoms with E-state index < -0.39 is 11.4 Å². The summed E-state index contributed by atoms with van der Waals surface area (Å²) < 4.78 is 0. The van der Waals surface area contributed by atoms with Crippen LogP contribution in [0.2, 0.25) is 0 Å². The van der Waals surface area contributed by atoms with Crippen LogP contribution in [0.4, 0.5) is 0 Å². The molecule has 0 aromatic carbocycles. The highest BCUT2D eigenvalue weighted by Gasteiger charge is 2.45. The third-order valence-corrected chi connectivity index (χ3v) is 4.94. The molecule has 5 nitrogen and oxygen atoms in total. The van der Waals surface area contributed by atoms with Gasteiger partial charge in [0.05, 0.1) is 5.41 Å². The van der Waals surface area contributed by atoms with Crippen LogP contribution >= 0.6 is 0 Å². The van der Waals surface area contributed by atoms with E-state index in [0.29, 0.717) is 32.4 Å². The van der Waals surface area contributed by atoms with E-state index in [1.807, 2.05) is 6.92 Å². The monoisotopic (exact) mass is 268 g/mol. The Morgan fingerprint density at radius 1 is 1.26 bits per heavy atom. The van der Waals surface area contributed by atoms with Gasteiger partial charge in [0, 0.05) is 25.0 Å². The number of nitrogens with zero attached hydrogens (tertiary/aromatic N) is 1. The van der Waals surface area contributed by atoms with Crippen molar-refractivity contribution in [3.63, 3.8) is 0 Å². The van der Waals surface area contributed by atoms with Crippen molar-refractivity contribution < 1.29 is 14.7 Å². The maximum absolute atomic E-state index is 12.3. The number of carbonyl (C=O) groups excluding carboxylic acids is 1. The van der Waals surface area contributed by atoms with Gasteiger partial charge in [-0.1, -0.05) is 19.8 Å². The molecule has 1 amide bonds. The molecule has 1 atom stereocenters. The molecule has 5 heteroatoms. The van der Waals surface area contributed by atoms with Gasteiger partial charge in [-0.15, -0.1) is 0 Å². The van der Waals surface area contributed by atoms with Crippen molar-refractivity contribution >= 4 is 11.9 Å². The molecular formula is C14H24N2O3.